The summed E-state index contributed by atoms with van der Waals surface area (Å²) in [7, 11) is 0. The summed E-state index contributed by atoms with van der Waals surface area (Å²) in [6.07, 6.45) is -0.253. The summed E-state index contributed by atoms with van der Waals surface area (Å²) in [4.78, 5) is 14.0. The molecule has 2 aromatic rings. The van der Waals surface area contributed by atoms with Gasteiger partial charge < -0.3 is 14.2 Å². The summed E-state index contributed by atoms with van der Waals surface area (Å²) in [5.74, 6) is 0.129. The minimum Gasteiger partial charge on any atom is -0.370 e. The van der Waals surface area contributed by atoms with E-state index in [9.17, 15) is 9.18 Å². The van der Waals surface area contributed by atoms with Crippen molar-refractivity contribution in [1.82, 2.24) is 10.1 Å². The Balaban J connectivity index is 1.73. The zero-order valence-electron chi connectivity index (χ0n) is 11.6. The van der Waals surface area contributed by atoms with Crippen molar-refractivity contribution >= 4 is 5.91 Å². The number of hydrogen-bond donors (Lipinski definition) is 0. The predicted molar refractivity (Wildman–Crippen MR) is 72.2 cm³/mol. The fourth-order valence-electron chi connectivity index (χ4n) is 2.34. The molecule has 0 spiro atoms. The molecule has 1 aromatic carbocycles. The second-order valence-electron chi connectivity index (χ2n) is 4.98. The minimum absolute atomic E-state index is 0.178. The van der Waals surface area contributed by atoms with Crippen molar-refractivity contribution in [2.45, 2.75) is 13.0 Å². The van der Waals surface area contributed by atoms with Crippen LogP contribution in [0.3, 0.4) is 0 Å². The maximum Gasteiger partial charge on any atom is 0.276 e. The van der Waals surface area contributed by atoms with E-state index < -0.39 is 0 Å². The first-order chi connectivity index (χ1) is 10.1. The Morgan fingerprint density at radius 2 is 2.14 bits per heavy atom. The molecule has 1 aliphatic heterocycles. The first kappa shape index (κ1) is 13.8. The minimum atomic E-state index is -0.291. The Labute approximate surface area is 121 Å². The summed E-state index contributed by atoms with van der Waals surface area (Å²) >= 11 is 0. The molecule has 0 bridgehead atoms. The van der Waals surface area contributed by atoms with Gasteiger partial charge in [0.25, 0.3) is 5.91 Å². The van der Waals surface area contributed by atoms with Crippen LogP contribution in [0.15, 0.2) is 34.9 Å². The van der Waals surface area contributed by atoms with Crippen LogP contribution >= 0.6 is 0 Å². The van der Waals surface area contributed by atoms with Crippen molar-refractivity contribution in [1.29, 1.82) is 0 Å². The zero-order chi connectivity index (χ0) is 14.8. The van der Waals surface area contributed by atoms with Crippen molar-refractivity contribution in [3.63, 3.8) is 0 Å². The van der Waals surface area contributed by atoms with Crippen LogP contribution in [0.5, 0.6) is 0 Å². The normalized spacial score (nSPS) is 18.8. The molecule has 110 valence electrons. The largest absolute Gasteiger partial charge is 0.370 e. The quantitative estimate of drug-likeness (QED) is 0.852. The summed E-state index contributed by atoms with van der Waals surface area (Å²) in [5, 5.41) is 3.74. The van der Waals surface area contributed by atoms with Gasteiger partial charge in [-0.2, -0.15) is 0 Å². The van der Waals surface area contributed by atoms with Crippen LogP contribution in [0.2, 0.25) is 0 Å². The highest BCUT2D eigenvalue weighted by atomic mass is 19.1. The Kier molecular flexibility index (Phi) is 3.70. The number of aromatic nitrogens is 1. The van der Waals surface area contributed by atoms with Gasteiger partial charge in [-0.15, -0.1) is 0 Å². The fraction of sp³-hybridized carbons (Fsp3) is 0.333. The maximum absolute atomic E-state index is 13.0. The number of carbonyl (C=O) groups is 1. The van der Waals surface area contributed by atoms with Crippen LogP contribution in [0.4, 0.5) is 4.39 Å². The summed E-state index contributed by atoms with van der Waals surface area (Å²) in [6.45, 7) is 3.09. The standard InChI is InChI=1S/C15H15FN2O3/c1-10-8-13(17-21-10)15(19)18-6-7-20-14(9-18)11-2-4-12(16)5-3-11/h2-5,8,14H,6-7,9H2,1H3/t14-/m1/s1. The highest BCUT2D eigenvalue weighted by molar-refractivity contribution is 5.92. The number of amides is 1. The van der Waals surface area contributed by atoms with Crippen LogP contribution < -0.4 is 0 Å². The molecule has 1 fully saturated rings. The third-order valence-corrected chi connectivity index (χ3v) is 3.44. The van der Waals surface area contributed by atoms with E-state index in [0.29, 0.717) is 31.2 Å². The molecule has 0 unspecified atom stereocenters. The Morgan fingerprint density at radius 1 is 1.38 bits per heavy atom. The molecule has 6 heteroatoms. The second-order valence-corrected chi connectivity index (χ2v) is 4.98. The van der Waals surface area contributed by atoms with Gasteiger partial charge in [-0.1, -0.05) is 17.3 Å². The van der Waals surface area contributed by atoms with Crippen molar-refractivity contribution in [2.24, 2.45) is 0 Å². The lowest BCUT2D eigenvalue weighted by atomic mass is 10.1. The molecule has 1 amide bonds. The van der Waals surface area contributed by atoms with Crippen molar-refractivity contribution < 1.29 is 18.4 Å². The topological polar surface area (TPSA) is 55.6 Å². The number of morpholine rings is 1. The first-order valence-electron chi connectivity index (χ1n) is 6.73. The van der Waals surface area contributed by atoms with Crippen LogP contribution in [0.1, 0.15) is 27.9 Å². The summed E-state index contributed by atoms with van der Waals surface area (Å²) in [6, 6.07) is 7.74. The van der Waals surface area contributed by atoms with Crippen molar-refractivity contribution in [2.75, 3.05) is 19.7 Å². The van der Waals surface area contributed by atoms with Gasteiger partial charge in [-0.3, -0.25) is 4.79 Å². The molecule has 0 N–H and O–H groups in total. The number of aryl methyl sites for hydroxylation is 1. The Bertz CT molecular complexity index is 639. The highest BCUT2D eigenvalue weighted by Gasteiger charge is 2.27. The molecule has 2 heterocycles. The number of carbonyl (C=O) groups excluding carboxylic acids is 1. The van der Waals surface area contributed by atoms with Gasteiger partial charge in [-0.05, 0) is 24.6 Å². The van der Waals surface area contributed by atoms with Crippen LogP contribution in [-0.4, -0.2) is 35.7 Å². The van der Waals surface area contributed by atoms with Gasteiger partial charge >= 0.3 is 0 Å². The zero-order valence-corrected chi connectivity index (χ0v) is 11.6. The molecule has 0 aliphatic carbocycles. The van der Waals surface area contributed by atoms with Gasteiger partial charge in [0.15, 0.2) is 5.69 Å². The van der Waals surface area contributed by atoms with Crippen molar-refractivity contribution in [3.05, 3.63) is 53.2 Å². The number of hydrogen-bond acceptors (Lipinski definition) is 4. The molecule has 3 rings (SSSR count). The number of nitrogens with zero attached hydrogens (tertiary/aromatic N) is 2. The first-order valence-corrected chi connectivity index (χ1v) is 6.73. The molecule has 5 nitrogen and oxygen atoms in total. The smallest absolute Gasteiger partial charge is 0.276 e. The van der Waals surface area contributed by atoms with Crippen LogP contribution in [0, 0.1) is 12.7 Å². The van der Waals surface area contributed by atoms with Crippen LogP contribution in [-0.2, 0) is 4.74 Å². The van der Waals surface area contributed by atoms with Gasteiger partial charge in [0.2, 0.25) is 0 Å². The third-order valence-electron chi connectivity index (χ3n) is 3.44. The van der Waals surface area contributed by atoms with Gasteiger partial charge in [0, 0.05) is 12.6 Å². The third kappa shape index (κ3) is 2.95. The predicted octanol–water partition coefficient (Wildman–Crippen LogP) is 2.34. The molecular formula is C15H15FN2O3. The lowest BCUT2D eigenvalue weighted by Crippen LogP contribution is -2.42. The molecule has 1 saturated heterocycles. The fourth-order valence-corrected chi connectivity index (χ4v) is 2.34. The number of rotatable bonds is 2. The molecule has 1 aromatic heterocycles. The van der Waals surface area contributed by atoms with Crippen LogP contribution in [0.25, 0.3) is 0 Å². The molecule has 0 radical (unpaired) electrons. The van der Waals surface area contributed by atoms with Gasteiger partial charge in [0.1, 0.15) is 17.7 Å². The summed E-state index contributed by atoms with van der Waals surface area (Å²) < 4.78 is 23.6. The van der Waals surface area contributed by atoms with E-state index in [1.54, 1.807) is 30.0 Å². The molecule has 21 heavy (non-hydrogen) atoms. The maximum atomic E-state index is 13.0. The highest BCUT2D eigenvalue weighted by Crippen LogP contribution is 2.23. The molecule has 1 aliphatic rings. The molecular weight excluding hydrogens is 275 g/mol. The summed E-state index contributed by atoms with van der Waals surface area (Å²) in [5.41, 5.74) is 1.15. The van der Waals surface area contributed by atoms with E-state index in [2.05, 4.69) is 5.16 Å². The van der Waals surface area contributed by atoms with E-state index in [-0.39, 0.29) is 17.8 Å². The van der Waals surface area contributed by atoms with E-state index in [1.165, 1.54) is 12.1 Å². The SMILES string of the molecule is Cc1cc(C(=O)N2CCO[C@@H](c3ccc(F)cc3)C2)no1. The van der Waals surface area contributed by atoms with E-state index in [4.69, 9.17) is 9.26 Å². The lowest BCUT2D eigenvalue weighted by Gasteiger charge is -2.32. The average molecular weight is 290 g/mol. The number of benzene rings is 1. The average Bonchev–Trinajstić information content (AvgIpc) is 2.94. The number of halogens is 1. The molecule has 1 atom stereocenters. The van der Waals surface area contributed by atoms with E-state index >= 15 is 0 Å². The molecule has 0 saturated carbocycles. The second kappa shape index (κ2) is 5.65. The van der Waals surface area contributed by atoms with E-state index in [0.717, 1.165) is 5.56 Å². The Hall–Kier alpha value is -2.21. The van der Waals surface area contributed by atoms with Gasteiger partial charge in [0.05, 0.1) is 13.2 Å². The van der Waals surface area contributed by atoms with Gasteiger partial charge in [-0.25, -0.2) is 4.39 Å². The number of ether oxygens (including phenoxy) is 1. The Morgan fingerprint density at radius 3 is 2.81 bits per heavy atom. The monoisotopic (exact) mass is 290 g/mol. The van der Waals surface area contributed by atoms with Crippen molar-refractivity contribution in [3.8, 4) is 0 Å². The van der Waals surface area contributed by atoms with E-state index in [1.807, 2.05) is 0 Å². The lowest BCUT2D eigenvalue weighted by molar-refractivity contribution is -0.0231.